The molecule has 0 saturated carbocycles. The number of carbonyl (C=O) groups is 2. The van der Waals surface area contributed by atoms with Crippen molar-refractivity contribution in [1.82, 2.24) is 14.9 Å². The van der Waals surface area contributed by atoms with Crippen LogP contribution in [0.5, 0.6) is 0 Å². The third-order valence-electron chi connectivity index (χ3n) is 6.18. The first kappa shape index (κ1) is 26.4. The van der Waals surface area contributed by atoms with E-state index in [9.17, 15) is 9.59 Å². The lowest BCUT2D eigenvalue weighted by Gasteiger charge is -2.36. The van der Waals surface area contributed by atoms with Crippen LogP contribution in [-0.2, 0) is 9.47 Å². The second kappa shape index (κ2) is 10.8. The van der Waals surface area contributed by atoms with Crippen LogP contribution in [0.1, 0.15) is 57.0 Å². The fourth-order valence-electron chi connectivity index (χ4n) is 4.59. The first-order valence-electron chi connectivity index (χ1n) is 12.6. The highest BCUT2D eigenvalue weighted by molar-refractivity contribution is 6.01. The second-order valence-electron chi connectivity index (χ2n) is 10.6. The van der Waals surface area contributed by atoms with Crippen molar-refractivity contribution in [2.75, 3.05) is 36.4 Å². The highest BCUT2D eigenvalue weighted by Gasteiger charge is 2.26. The number of hydrogen-bond acceptors (Lipinski definition) is 8. The molecule has 0 bridgehead atoms. The van der Waals surface area contributed by atoms with Gasteiger partial charge in [0.05, 0.1) is 35.3 Å². The summed E-state index contributed by atoms with van der Waals surface area (Å²) in [5, 5.41) is 3.34. The lowest BCUT2D eigenvalue weighted by atomic mass is 9.97. The SMILES string of the molecule is CC1CN(c2ccc(Nc3c(C(N)=O)cncc3C3=CCN(C(=O)OC(C)(C)C)CC3)cn2)CC(C)O1. The van der Waals surface area contributed by atoms with Crippen molar-refractivity contribution < 1.29 is 19.1 Å². The molecule has 37 heavy (non-hydrogen) atoms. The van der Waals surface area contributed by atoms with Gasteiger partial charge in [-0.3, -0.25) is 9.78 Å². The quantitative estimate of drug-likeness (QED) is 0.622. The number of ether oxygens (including phenoxy) is 2. The third kappa shape index (κ3) is 6.56. The third-order valence-corrected chi connectivity index (χ3v) is 6.18. The smallest absolute Gasteiger partial charge is 0.410 e. The Labute approximate surface area is 217 Å². The van der Waals surface area contributed by atoms with Crippen LogP contribution in [0, 0.1) is 0 Å². The average Bonchev–Trinajstić information content (AvgIpc) is 2.83. The van der Waals surface area contributed by atoms with Crippen molar-refractivity contribution in [3.8, 4) is 0 Å². The van der Waals surface area contributed by atoms with Crippen LogP contribution in [0.2, 0.25) is 0 Å². The van der Waals surface area contributed by atoms with Crippen molar-refractivity contribution in [2.45, 2.75) is 58.8 Å². The molecule has 0 spiro atoms. The fraction of sp³-hybridized carbons (Fsp3) is 0.481. The molecule has 2 atom stereocenters. The number of morpholine rings is 1. The molecular weight excluding hydrogens is 472 g/mol. The summed E-state index contributed by atoms with van der Waals surface area (Å²) >= 11 is 0. The van der Waals surface area contributed by atoms with E-state index in [0.29, 0.717) is 25.2 Å². The van der Waals surface area contributed by atoms with E-state index in [1.807, 2.05) is 39.0 Å². The molecule has 10 nitrogen and oxygen atoms in total. The van der Waals surface area contributed by atoms with Crippen LogP contribution in [0.15, 0.2) is 36.8 Å². The molecule has 1 fully saturated rings. The molecule has 10 heteroatoms. The van der Waals surface area contributed by atoms with Gasteiger partial charge in [0.15, 0.2) is 0 Å². The van der Waals surface area contributed by atoms with E-state index in [-0.39, 0.29) is 23.9 Å². The normalized spacial score (nSPS) is 20.3. The second-order valence-corrected chi connectivity index (χ2v) is 10.6. The Balaban J connectivity index is 1.55. The predicted octanol–water partition coefficient (Wildman–Crippen LogP) is 3.96. The van der Waals surface area contributed by atoms with Crippen LogP contribution in [0.25, 0.3) is 5.57 Å². The van der Waals surface area contributed by atoms with Gasteiger partial charge in [-0.2, -0.15) is 0 Å². The zero-order valence-electron chi connectivity index (χ0n) is 22.2. The number of aromatic nitrogens is 2. The Kier molecular flexibility index (Phi) is 7.68. The first-order chi connectivity index (χ1) is 17.5. The first-order valence-corrected chi connectivity index (χ1v) is 12.6. The molecule has 0 aromatic carbocycles. The number of nitrogens with one attached hydrogen (secondary N) is 1. The summed E-state index contributed by atoms with van der Waals surface area (Å²) in [6.07, 6.45) is 7.39. The summed E-state index contributed by atoms with van der Waals surface area (Å²) in [6.45, 7) is 12.1. The minimum Gasteiger partial charge on any atom is -0.444 e. The number of primary amides is 1. The number of amides is 2. The minimum absolute atomic E-state index is 0.135. The Morgan fingerprint density at radius 2 is 1.86 bits per heavy atom. The Bertz CT molecular complexity index is 1160. The van der Waals surface area contributed by atoms with Gasteiger partial charge in [0.2, 0.25) is 0 Å². The van der Waals surface area contributed by atoms with Crippen molar-refractivity contribution in [1.29, 1.82) is 0 Å². The minimum atomic E-state index is -0.579. The number of nitrogens with two attached hydrogens (primary N) is 1. The summed E-state index contributed by atoms with van der Waals surface area (Å²) in [4.78, 5) is 37.5. The maximum absolute atomic E-state index is 12.5. The van der Waals surface area contributed by atoms with E-state index >= 15 is 0 Å². The molecule has 198 valence electrons. The molecule has 2 aromatic heterocycles. The number of pyridine rings is 2. The number of hydrogen-bond donors (Lipinski definition) is 2. The van der Waals surface area contributed by atoms with Crippen molar-refractivity contribution in [3.05, 3.63) is 47.9 Å². The zero-order chi connectivity index (χ0) is 26.7. The molecule has 3 N–H and O–H groups in total. The molecule has 2 aromatic rings. The summed E-state index contributed by atoms with van der Waals surface area (Å²) in [7, 11) is 0. The maximum Gasteiger partial charge on any atom is 0.410 e. The largest absolute Gasteiger partial charge is 0.444 e. The molecular formula is C27H36N6O4. The van der Waals surface area contributed by atoms with Gasteiger partial charge in [0.1, 0.15) is 11.4 Å². The Morgan fingerprint density at radius 3 is 2.43 bits per heavy atom. The van der Waals surface area contributed by atoms with Gasteiger partial charge in [-0.1, -0.05) is 6.08 Å². The van der Waals surface area contributed by atoms with Gasteiger partial charge in [0.25, 0.3) is 5.91 Å². The molecule has 0 radical (unpaired) electrons. The summed E-state index contributed by atoms with van der Waals surface area (Å²) in [6, 6.07) is 3.89. The Morgan fingerprint density at radius 1 is 1.14 bits per heavy atom. The molecule has 4 heterocycles. The summed E-state index contributed by atoms with van der Waals surface area (Å²) < 4.78 is 11.3. The van der Waals surface area contributed by atoms with E-state index in [2.05, 4.69) is 34.0 Å². The number of nitrogens with zero attached hydrogens (tertiary/aromatic N) is 4. The van der Waals surface area contributed by atoms with Crippen LogP contribution >= 0.6 is 0 Å². The van der Waals surface area contributed by atoms with Crippen molar-refractivity contribution in [2.24, 2.45) is 5.73 Å². The summed E-state index contributed by atoms with van der Waals surface area (Å²) in [5.74, 6) is 0.291. The van der Waals surface area contributed by atoms with Crippen molar-refractivity contribution in [3.63, 3.8) is 0 Å². The van der Waals surface area contributed by atoms with E-state index in [0.717, 1.165) is 35.7 Å². The van der Waals surface area contributed by atoms with E-state index in [1.165, 1.54) is 6.20 Å². The molecule has 2 aliphatic heterocycles. The van der Waals surface area contributed by atoms with Crippen LogP contribution < -0.4 is 16.0 Å². The standard InChI is InChI=1S/C27H36N6O4/c1-17-15-33(16-18(2)36-17)23-7-6-20(12-30-23)31-24-21(13-29-14-22(24)25(28)34)19-8-10-32(11-9-19)26(35)37-27(3,4)5/h6-8,12-14,17-18H,9-11,15-16H2,1-5H3,(H2,28,34)(H,29,31). The van der Waals surface area contributed by atoms with Crippen LogP contribution in [0.3, 0.4) is 0 Å². The number of rotatable bonds is 5. The van der Waals surface area contributed by atoms with Gasteiger partial charge in [-0.05, 0) is 58.7 Å². The molecule has 2 amide bonds. The van der Waals surface area contributed by atoms with Crippen molar-refractivity contribution >= 4 is 34.8 Å². The van der Waals surface area contributed by atoms with E-state index in [4.69, 9.17) is 15.2 Å². The van der Waals surface area contributed by atoms with Gasteiger partial charge >= 0.3 is 6.09 Å². The molecule has 0 aliphatic carbocycles. The molecule has 4 rings (SSSR count). The number of anilines is 3. The predicted molar refractivity (Wildman–Crippen MR) is 143 cm³/mol. The highest BCUT2D eigenvalue weighted by atomic mass is 16.6. The average molecular weight is 509 g/mol. The Hall–Kier alpha value is -3.66. The number of carbonyl (C=O) groups excluding carboxylic acids is 2. The topological polar surface area (TPSA) is 123 Å². The molecule has 1 saturated heterocycles. The molecule has 2 unspecified atom stereocenters. The van der Waals surface area contributed by atoms with Crippen LogP contribution in [-0.4, -0.2) is 70.9 Å². The van der Waals surface area contributed by atoms with Gasteiger partial charge in [0, 0.05) is 44.1 Å². The van der Waals surface area contributed by atoms with E-state index in [1.54, 1.807) is 17.3 Å². The van der Waals surface area contributed by atoms with E-state index < -0.39 is 11.5 Å². The zero-order valence-corrected chi connectivity index (χ0v) is 22.2. The fourth-order valence-corrected chi connectivity index (χ4v) is 4.59. The van der Waals surface area contributed by atoms with Gasteiger partial charge in [-0.15, -0.1) is 0 Å². The van der Waals surface area contributed by atoms with Gasteiger partial charge in [-0.25, -0.2) is 9.78 Å². The maximum atomic E-state index is 12.5. The highest BCUT2D eigenvalue weighted by Crippen LogP contribution is 2.33. The van der Waals surface area contributed by atoms with Gasteiger partial charge < -0.3 is 30.3 Å². The summed E-state index contributed by atoms with van der Waals surface area (Å²) in [5.41, 5.74) is 8.45. The monoisotopic (exact) mass is 508 g/mol. The van der Waals surface area contributed by atoms with Crippen LogP contribution in [0.4, 0.5) is 22.0 Å². The lowest BCUT2D eigenvalue weighted by molar-refractivity contribution is -0.00546. The lowest BCUT2D eigenvalue weighted by Crippen LogP contribution is -2.45. The molecule has 2 aliphatic rings.